The van der Waals surface area contributed by atoms with E-state index in [9.17, 15) is 4.39 Å². The number of halogens is 2. The minimum absolute atomic E-state index is 0.234. The van der Waals surface area contributed by atoms with Crippen molar-refractivity contribution in [3.05, 3.63) is 58.9 Å². The molecule has 21 heavy (non-hydrogen) atoms. The van der Waals surface area contributed by atoms with Gasteiger partial charge in [-0.1, -0.05) is 35.5 Å². The monoisotopic (exact) mass is 325 g/mol. The van der Waals surface area contributed by atoms with Crippen LogP contribution in [-0.2, 0) is 11.3 Å². The zero-order valence-electron chi connectivity index (χ0n) is 11.7. The Morgan fingerprint density at radius 2 is 2.00 bits per heavy atom. The average Bonchev–Trinajstić information content (AvgIpc) is 2.48. The van der Waals surface area contributed by atoms with Crippen molar-refractivity contribution in [3.8, 4) is 0 Å². The van der Waals surface area contributed by atoms with Gasteiger partial charge in [-0.2, -0.15) is 0 Å². The summed E-state index contributed by atoms with van der Waals surface area (Å²) in [6.45, 7) is 1.94. The fraction of sp³-hybridized carbons (Fsp3) is 0.250. The molecule has 0 bridgehead atoms. The summed E-state index contributed by atoms with van der Waals surface area (Å²) in [5.74, 6) is -0.234. The molecule has 1 N–H and O–H groups in total. The molecule has 0 unspecified atom stereocenters. The molecule has 2 aromatic carbocycles. The molecule has 0 aliphatic rings. The number of rotatable bonds is 7. The first-order valence-corrected chi connectivity index (χ1v) is 7.80. The first kappa shape index (κ1) is 16.3. The molecule has 0 aliphatic carbocycles. The predicted octanol–water partition coefficient (Wildman–Crippen LogP) is 4.37. The first-order chi connectivity index (χ1) is 10.2. The highest BCUT2D eigenvalue weighted by Crippen LogP contribution is 2.35. The fourth-order valence-electron chi connectivity index (χ4n) is 1.83. The van der Waals surface area contributed by atoms with Gasteiger partial charge < -0.3 is 10.1 Å². The van der Waals surface area contributed by atoms with Gasteiger partial charge in [-0.15, -0.1) is 0 Å². The van der Waals surface area contributed by atoms with Crippen molar-refractivity contribution in [1.82, 2.24) is 5.32 Å². The van der Waals surface area contributed by atoms with Crippen LogP contribution in [0.1, 0.15) is 5.56 Å². The molecule has 0 atom stereocenters. The van der Waals surface area contributed by atoms with E-state index in [1.807, 2.05) is 24.3 Å². The molecular formula is C16H17ClFNOS. The van der Waals surface area contributed by atoms with Gasteiger partial charge in [-0.25, -0.2) is 4.39 Å². The summed E-state index contributed by atoms with van der Waals surface area (Å²) in [6.07, 6.45) is 0. The smallest absolute Gasteiger partial charge is 0.123 e. The van der Waals surface area contributed by atoms with Crippen LogP contribution in [0.4, 0.5) is 4.39 Å². The third-order valence-electron chi connectivity index (χ3n) is 2.88. The SMILES string of the molecule is COCCNCc1cc(F)ccc1Sc1ccccc1Cl. The molecule has 5 heteroatoms. The van der Waals surface area contributed by atoms with E-state index in [1.165, 1.54) is 6.07 Å². The molecule has 0 aromatic heterocycles. The Bertz CT molecular complexity index is 594. The lowest BCUT2D eigenvalue weighted by atomic mass is 10.2. The van der Waals surface area contributed by atoms with Crippen LogP contribution in [0.25, 0.3) is 0 Å². The van der Waals surface area contributed by atoms with E-state index in [0.29, 0.717) is 18.2 Å². The molecule has 112 valence electrons. The van der Waals surface area contributed by atoms with Gasteiger partial charge in [0.1, 0.15) is 5.82 Å². The van der Waals surface area contributed by atoms with E-state index in [2.05, 4.69) is 5.32 Å². The molecule has 0 heterocycles. The van der Waals surface area contributed by atoms with Crippen LogP contribution < -0.4 is 5.32 Å². The molecule has 2 rings (SSSR count). The number of nitrogens with one attached hydrogen (secondary N) is 1. The zero-order chi connectivity index (χ0) is 15.1. The van der Waals surface area contributed by atoms with Crippen molar-refractivity contribution in [2.24, 2.45) is 0 Å². The number of hydrogen-bond donors (Lipinski definition) is 1. The third kappa shape index (κ3) is 5.00. The largest absolute Gasteiger partial charge is 0.383 e. The Hall–Kier alpha value is -1.07. The lowest BCUT2D eigenvalue weighted by molar-refractivity contribution is 0.199. The Kier molecular flexibility index (Phi) is 6.51. The Morgan fingerprint density at radius 1 is 1.19 bits per heavy atom. The molecule has 0 fully saturated rings. The van der Waals surface area contributed by atoms with Gasteiger partial charge in [0.05, 0.1) is 11.6 Å². The first-order valence-electron chi connectivity index (χ1n) is 6.61. The van der Waals surface area contributed by atoms with Gasteiger partial charge in [-0.3, -0.25) is 0 Å². The predicted molar refractivity (Wildman–Crippen MR) is 85.6 cm³/mol. The highest BCUT2D eigenvalue weighted by Gasteiger charge is 2.08. The highest BCUT2D eigenvalue weighted by molar-refractivity contribution is 7.99. The van der Waals surface area contributed by atoms with Crippen LogP contribution in [0.3, 0.4) is 0 Å². The summed E-state index contributed by atoms with van der Waals surface area (Å²) >= 11 is 7.72. The molecule has 0 aliphatic heterocycles. The van der Waals surface area contributed by atoms with Crippen LogP contribution in [0.2, 0.25) is 5.02 Å². The number of methoxy groups -OCH3 is 1. The summed E-state index contributed by atoms with van der Waals surface area (Å²) in [5.41, 5.74) is 0.913. The van der Waals surface area contributed by atoms with E-state index >= 15 is 0 Å². The Morgan fingerprint density at radius 3 is 2.76 bits per heavy atom. The second kappa shape index (κ2) is 8.39. The maximum atomic E-state index is 13.5. The van der Waals surface area contributed by atoms with Crippen molar-refractivity contribution in [2.45, 2.75) is 16.3 Å². The van der Waals surface area contributed by atoms with Crippen molar-refractivity contribution >= 4 is 23.4 Å². The van der Waals surface area contributed by atoms with Gasteiger partial charge in [-0.05, 0) is 35.9 Å². The molecular weight excluding hydrogens is 309 g/mol. The summed E-state index contributed by atoms with van der Waals surface area (Å²) < 4.78 is 18.4. The number of ether oxygens (including phenoxy) is 1. The molecule has 0 saturated heterocycles. The van der Waals surface area contributed by atoms with Crippen LogP contribution in [0.15, 0.2) is 52.3 Å². The fourth-order valence-corrected chi connectivity index (χ4v) is 3.03. The van der Waals surface area contributed by atoms with Gasteiger partial charge in [0, 0.05) is 30.0 Å². The molecule has 0 spiro atoms. The minimum atomic E-state index is -0.234. The molecule has 0 amide bonds. The quantitative estimate of drug-likeness (QED) is 0.764. The Balaban J connectivity index is 2.13. The summed E-state index contributed by atoms with van der Waals surface area (Å²) in [7, 11) is 1.66. The van der Waals surface area contributed by atoms with E-state index < -0.39 is 0 Å². The van der Waals surface area contributed by atoms with Crippen molar-refractivity contribution in [3.63, 3.8) is 0 Å². The summed E-state index contributed by atoms with van der Waals surface area (Å²) in [6, 6.07) is 12.5. The van der Waals surface area contributed by atoms with Crippen molar-refractivity contribution in [1.29, 1.82) is 0 Å². The van der Waals surface area contributed by atoms with Gasteiger partial charge >= 0.3 is 0 Å². The molecule has 2 nitrogen and oxygen atoms in total. The van der Waals surface area contributed by atoms with Crippen LogP contribution in [-0.4, -0.2) is 20.3 Å². The Labute approximate surface area is 133 Å². The second-order valence-corrected chi connectivity index (χ2v) is 5.95. The zero-order valence-corrected chi connectivity index (χ0v) is 13.3. The van der Waals surface area contributed by atoms with Crippen molar-refractivity contribution in [2.75, 3.05) is 20.3 Å². The second-order valence-electron chi connectivity index (χ2n) is 4.45. The lowest BCUT2D eigenvalue weighted by Gasteiger charge is -2.11. The number of benzene rings is 2. The van der Waals surface area contributed by atoms with Crippen molar-refractivity contribution < 1.29 is 9.13 Å². The van der Waals surface area contributed by atoms with E-state index in [-0.39, 0.29) is 5.82 Å². The van der Waals surface area contributed by atoms with E-state index in [4.69, 9.17) is 16.3 Å². The maximum absolute atomic E-state index is 13.5. The standard InChI is InChI=1S/C16H17ClFNOS/c1-20-9-8-19-11-12-10-13(18)6-7-15(12)21-16-5-3-2-4-14(16)17/h2-7,10,19H,8-9,11H2,1H3. The van der Waals surface area contributed by atoms with Crippen LogP contribution in [0.5, 0.6) is 0 Å². The maximum Gasteiger partial charge on any atom is 0.123 e. The van der Waals surface area contributed by atoms with Gasteiger partial charge in [0.25, 0.3) is 0 Å². The van der Waals surface area contributed by atoms with Gasteiger partial charge in [0.15, 0.2) is 0 Å². The molecule has 0 saturated carbocycles. The molecule has 0 radical (unpaired) electrons. The number of hydrogen-bond acceptors (Lipinski definition) is 3. The van der Waals surface area contributed by atoms with Crippen LogP contribution >= 0.6 is 23.4 Å². The topological polar surface area (TPSA) is 21.3 Å². The van der Waals surface area contributed by atoms with Crippen LogP contribution in [0, 0.1) is 5.82 Å². The van der Waals surface area contributed by atoms with E-state index in [0.717, 1.165) is 21.9 Å². The average molecular weight is 326 g/mol. The van der Waals surface area contributed by atoms with Gasteiger partial charge in [0.2, 0.25) is 0 Å². The van der Waals surface area contributed by atoms with E-state index in [1.54, 1.807) is 31.0 Å². The normalized spacial score (nSPS) is 10.8. The summed E-state index contributed by atoms with van der Waals surface area (Å²) in [4.78, 5) is 1.96. The molecule has 2 aromatic rings. The third-order valence-corrected chi connectivity index (χ3v) is 4.51. The highest BCUT2D eigenvalue weighted by atomic mass is 35.5. The summed E-state index contributed by atoms with van der Waals surface area (Å²) in [5, 5.41) is 3.93. The lowest BCUT2D eigenvalue weighted by Crippen LogP contribution is -2.19. The minimum Gasteiger partial charge on any atom is -0.383 e.